The van der Waals surface area contributed by atoms with Gasteiger partial charge in [0, 0.05) is 5.56 Å². The van der Waals surface area contributed by atoms with Gasteiger partial charge in [-0.1, -0.05) is 0 Å². The van der Waals surface area contributed by atoms with Crippen molar-refractivity contribution in [3.63, 3.8) is 0 Å². The van der Waals surface area contributed by atoms with Gasteiger partial charge in [0.15, 0.2) is 0 Å². The zero-order valence-corrected chi connectivity index (χ0v) is 11.3. The summed E-state index contributed by atoms with van der Waals surface area (Å²) in [6.07, 6.45) is -3.82. The first-order valence-electron chi connectivity index (χ1n) is 5.05. The number of halogens is 5. The molecule has 0 saturated heterocycles. The lowest BCUT2D eigenvalue weighted by Gasteiger charge is -2.15. The smallest absolute Gasteiger partial charge is 0.324 e. The molecule has 106 valence electrons. The van der Waals surface area contributed by atoms with Crippen LogP contribution in [0.1, 0.15) is 10.4 Å². The van der Waals surface area contributed by atoms with Crippen molar-refractivity contribution >= 4 is 21.8 Å². The summed E-state index contributed by atoms with van der Waals surface area (Å²) in [5.74, 6) is -4.67. The topological polar surface area (TPSA) is 38.3 Å². The molecular weight excluding hydrogens is 334 g/mol. The molecule has 0 aliphatic heterocycles. The van der Waals surface area contributed by atoms with E-state index in [9.17, 15) is 22.4 Å². The van der Waals surface area contributed by atoms with E-state index in [1.54, 1.807) is 5.32 Å². The number of ether oxygens (including phenoxy) is 1. The number of benzene rings is 1. The van der Waals surface area contributed by atoms with Gasteiger partial charge in [-0.15, -0.1) is 0 Å². The molecule has 0 heterocycles. The highest BCUT2D eigenvalue weighted by molar-refractivity contribution is 9.10. The first kappa shape index (κ1) is 15.7. The SMILES string of the molecule is COc1ccc(C(=O)NCC(F)(F)C(F)F)cc1Br. The largest absolute Gasteiger partial charge is 0.496 e. The van der Waals surface area contributed by atoms with Gasteiger partial charge in [0.25, 0.3) is 5.91 Å². The number of nitrogens with one attached hydrogen (secondary N) is 1. The Hall–Kier alpha value is -1.31. The van der Waals surface area contributed by atoms with Gasteiger partial charge in [-0.25, -0.2) is 8.78 Å². The molecule has 0 aromatic heterocycles. The molecule has 0 saturated carbocycles. The molecule has 8 heteroatoms. The van der Waals surface area contributed by atoms with Crippen LogP contribution in [-0.2, 0) is 0 Å². The Balaban J connectivity index is 2.72. The fraction of sp³-hybridized carbons (Fsp3) is 0.364. The van der Waals surface area contributed by atoms with E-state index in [0.29, 0.717) is 10.2 Å². The van der Waals surface area contributed by atoms with Crippen molar-refractivity contribution in [1.82, 2.24) is 5.32 Å². The highest BCUT2D eigenvalue weighted by Gasteiger charge is 2.40. The van der Waals surface area contributed by atoms with Crippen molar-refractivity contribution in [3.05, 3.63) is 28.2 Å². The third-order valence-electron chi connectivity index (χ3n) is 2.22. The fourth-order valence-corrected chi connectivity index (χ4v) is 1.73. The van der Waals surface area contributed by atoms with Crippen LogP contribution in [0, 0.1) is 0 Å². The van der Waals surface area contributed by atoms with Crippen LogP contribution in [0.2, 0.25) is 0 Å². The third-order valence-corrected chi connectivity index (χ3v) is 2.84. The number of alkyl halides is 4. The van der Waals surface area contributed by atoms with Crippen molar-refractivity contribution < 1.29 is 27.1 Å². The molecule has 1 aromatic rings. The van der Waals surface area contributed by atoms with Gasteiger partial charge in [-0.2, -0.15) is 8.78 Å². The minimum absolute atomic E-state index is 0.0535. The van der Waals surface area contributed by atoms with E-state index in [-0.39, 0.29) is 5.56 Å². The molecule has 1 N–H and O–H groups in total. The maximum atomic E-state index is 12.6. The number of rotatable bonds is 5. The Morgan fingerprint density at radius 1 is 1.47 bits per heavy atom. The second-order valence-corrected chi connectivity index (χ2v) is 4.45. The quantitative estimate of drug-likeness (QED) is 0.834. The van der Waals surface area contributed by atoms with Crippen molar-refractivity contribution in [2.75, 3.05) is 13.7 Å². The molecule has 0 bridgehead atoms. The lowest BCUT2D eigenvalue weighted by atomic mass is 10.2. The van der Waals surface area contributed by atoms with Gasteiger partial charge in [-0.3, -0.25) is 4.79 Å². The average molecular weight is 344 g/mol. The van der Waals surface area contributed by atoms with E-state index in [1.807, 2.05) is 0 Å². The Bertz CT molecular complexity index is 468. The Labute approximate surface area is 115 Å². The average Bonchev–Trinajstić information content (AvgIpc) is 2.35. The first-order chi connectivity index (χ1) is 8.77. The molecule has 1 aromatic carbocycles. The summed E-state index contributed by atoms with van der Waals surface area (Å²) in [5, 5.41) is 1.75. The lowest BCUT2D eigenvalue weighted by Crippen LogP contribution is -2.41. The molecule has 1 rings (SSSR count). The van der Waals surface area contributed by atoms with Gasteiger partial charge in [0.05, 0.1) is 18.1 Å². The van der Waals surface area contributed by atoms with Crippen LogP contribution in [0.4, 0.5) is 17.6 Å². The maximum absolute atomic E-state index is 12.6. The molecular formula is C11H10BrF4NO2. The van der Waals surface area contributed by atoms with Gasteiger partial charge in [-0.05, 0) is 34.1 Å². The zero-order chi connectivity index (χ0) is 14.6. The Morgan fingerprint density at radius 3 is 2.58 bits per heavy atom. The van der Waals surface area contributed by atoms with Crippen molar-refractivity contribution in [2.24, 2.45) is 0 Å². The van der Waals surface area contributed by atoms with Crippen LogP contribution in [0.5, 0.6) is 5.75 Å². The van der Waals surface area contributed by atoms with E-state index in [1.165, 1.54) is 25.3 Å². The van der Waals surface area contributed by atoms with Crippen molar-refractivity contribution in [2.45, 2.75) is 12.3 Å². The molecule has 1 amide bonds. The summed E-state index contributed by atoms with van der Waals surface area (Å²) < 4.78 is 54.4. The molecule has 0 spiro atoms. The fourth-order valence-electron chi connectivity index (χ4n) is 1.18. The number of carbonyl (C=O) groups is 1. The summed E-state index contributed by atoms with van der Waals surface area (Å²) in [6, 6.07) is 4.12. The molecule has 0 atom stereocenters. The first-order valence-corrected chi connectivity index (χ1v) is 5.85. The second kappa shape index (κ2) is 6.23. The van der Waals surface area contributed by atoms with Crippen LogP contribution in [0.25, 0.3) is 0 Å². The Morgan fingerprint density at radius 2 is 2.11 bits per heavy atom. The maximum Gasteiger partial charge on any atom is 0.324 e. The minimum Gasteiger partial charge on any atom is -0.496 e. The molecule has 0 fully saturated rings. The van der Waals surface area contributed by atoms with Gasteiger partial charge >= 0.3 is 12.3 Å². The monoisotopic (exact) mass is 343 g/mol. The summed E-state index contributed by atoms with van der Waals surface area (Å²) >= 11 is 3.12. The van der Waals surface area contributed by atoms with E-state index < -0.39 is 24.8 Å². The summed E-state index contributed by atoms with van der Waals surface area (Å²) in [7, 11) is 1.42. The molecule has 3 nitrogen and oxygen atoms in total. The molecule has 0 aliphatic rings. The number of hydrogen-bond acceptors (Lipinski definition) is 2. The van der Waals surface area contributed by atoms with Gasteiger partial charge < -0.3 is 10.1 Å². The summed E-state index contributed by atoms with van der Waals surface area (Å²) in [6.45, 7) is -1.42. The molecule has 0 radical (unpaired) electrons. The lowest BCUT2D eigenvalue weighted by molar-refractivity contribution is -0.123. The highest BCUT2D eigenvalue weighted by atomic mass is 79.9. The number of methoxy groups -OCH3 is 1. The van der Waals surface area contributed by atoms with Crippen LogP contribution in [0.15, 0.2) is 22.7 Å². The summed E-state index contributed by atoms with van der Waals surface area (Å²) in [5.41, 5.74) is 0.0535. The van der Waals surface area contributed by atoms with Gasteiger partial charge in [0.1, 0.15) is 5.75 Å². The number of hydrogen-bond donors (Lipinski definition) is 1. The van der Waals surface area contributed by atoms with E-state index in [4.69, 9.17) is 4.74 Å². The summed E-state index contributed by atoms with van der Waals surface area (Å²) in [4.78, 5) is 11.5. The minimum atomic E-state index is -4.25. The van der Waals surface area contributed by atoms with Crippen LogP contribution < -0.4 is 10.1 Å². The van der Waals surface area contributed by atoms with Crippen LogP contribution in [-0.4, -0.2) is 31.9 Å². The molecule has 0 aliphatic carbocycles. The molecule has 19 heavy (non-hydrogen) atoms. The molecule has 0 unspecified atom stereocenters. The van der Waals surface area contributed by atoms with E-state index in [0.717, 1.165) is 0 Å². The van der Waals surface area contributed by atoms with E-state index >= 15 is 0 Å². The third kappa shape index (κ3) is 4.09. The standard InChI is InChI=1S/C11H10BrF4NO2/c1-19-8-3-2-6(4-7(8)12)9(18)17-5-11(15,16)10(13)14/h2-4,10H,5H2,1H3,(H,17,18). The van der Waals surface area contributed by atoms with Crippen LogP contribution >= 0.6 is 15.9 Å². The van der Waals surface area contributed by atoms with Crippen molar-refractivity contribution in [3.8, 4) is 5.75 Å². The van der Waals surface area contributed by atoms with Crippen molar-refractivity contribution in [1.29, 1.82) is 0 Å². The Kier molecular flexibility index (Phi) is 5.16. The predicted octanol–water partition coefficient (Wildman–Crippen LogP) is 3.09. The predicted molar refractivity (Wildman–Crippen MR) is 64.0 cm³/mol. The number of carbonyl (C=O) groups excluding carboxylic acids is 1. The second-order valence-electron chi connectivity index (χ2n) is 3.59. The van der Waals surface area contributed by atoms with E-state index in [2.05, 4.69) is 15.9 Å². The normalized spacial score (nSPS) is 11.5. The zero-order valence-electron chi connectivity index (χ0n) is 9.72. The highest BCUT2D eigenvalue weighted by Crippen LogP contribution is 2.26. The van der Waals surface area contributed by atoms with Crippen LogP contribution in [0.3, 0.4) is 0 Å². The number of amides is 1. The van der Waals surface area contributed by atoms with Gasteiger partial charge in [0.2, 0.25) is 0 Å².